The molecule has 2 aromatic rings. The van der Waals surface area contributed by atoms with Crippen molar-refractivity contribution in [3.8, 4) is 16.9 Å². The van der Waals surface area contributed by atoms with Gasteiger partial charge in [-0.1, -0.05) is 39.3 Å². The first-order valence-corrected chi connectivity index (χ1v) is 9.47. The fourth-order valence-corrected chi connectivity index (χ4v) is 3.48. The lowest BCUT2D eigenvalue weighted by Gasteiger charge is -2.16. The quantitative estimate of drug-likeness (QED) is 0.519. The van der Waals surface area contributed by atoms with Crippen LogP contribution in [0.1, 0.15) is 50.9 Å². The Kier molecular flexibility index (Phi) is 6.27. The second-order valence-corrected chi connectivity index (χ2v) is 8.05. The van der Waals surface area contributed by atoms with Crippen molar-refractivity contribution in [3.63, 3.8) is 0 Å². The van der Waals surface area contributed by atoms with Crippen LogP contribution >= 0.6 is 23.1 Å². The average molecular weight is 391 g/mol. The Morgan fingerprint density at radius 3 is 2.65 bits per heavy atom. The van der Waals surface area contributed by atoms with Crippen molar-refractivity contribution in [2.75, 3.05) is 12.4 Å². The molecule has 2 rings (SSSR count). The van der Waals surface area contributed by atoms with E-state index in [-0.39, 0.29) is 5.41 Å². The van der Waals surface area contributed by atoms with Crippen LogP contribution in [0.15, 0.2) is 17.1 Å². The summed E-state index contributed by atoms with van der Waals surface area (Å²) in [7, 11) is 1.74. The summed E-state index contributed by atoms with van der Waals surface area (Å²) in [4.78, 5) is 4.18. The van der Waals surface area contributed by atoms with Crippen molar-refractivity contribution in [1.29, 1.82) is 5.26 Å². The minimum absolute atomic E-state index is 0.223. The monoisotopic (exact) mass is 390 g/mol. The molecule has 7 heteroatoms. The van der Waals surface area contributed by atoms with Crippen LogP contribution < -0.4 is 10.1 Å². The molecule has 1 N–H and O–H groups in total. The molecule has 138 valence electrons. The molecule has 0 aliphatic heterocycles. The van der Waals surface area contributed by atoms with E-state index in [2.05, 4.69) is 20.8 Å². The van der Waals surface area contributed by atoms with Crippen LogP contribution in [0, 0.1) is 18.3 Å². The van der Waals surface area contributed by atoms with Crippen LogP contribution in [-0.2, 0) is 5.41 Å². The summed E-state index contributed by atoms with van der Waals surface area (Å²) >= 11 is 7.59. The minimum atomic E-state index is -0.223. The maximum absolute atomic E-state index is 9.54. The molecule has 0 spiro atoms. The fourth-order valence-electron chi connectivity index (χ4n) is 2.38. The van der Waals surface area contributed by atoms with Gasteiger partial charge in [-0.15, -0.1) is 0 Å². The molecular weight excluding hydrogens is 368 g/mol. The Morgan fingerprint density at radius 1 is 1.42 bits per heavy atom. The Morgan fingerprint density at radius 2 is 2.12 bits per heavy atom. The van der Waals surface area contributed by atoms with Gasteiger partial charge in [0.25, 0.3) is 0 Å². The van der Waals surface area contributed by atoms with Crippen molar-refractivity contribution >= 4 is 34.7 Å². The number of hydrogen-bond acceptors (Lipinski definition) is 5. The van der Waals surface area contributed by atoms with Crippen LogP contribution in [0.5, 0.6) is 10.8 Å². The number of hydrogen-bond donors (Lipinski definition) is 1. The predicted octanol–water partition coefficient (Wildman–Crippen LogP) is 5.92. The van der Waals surface area contributed by atoms with Gasteiger partial charge in [0, 0.05) is 36.5 Å². The summed E-state index contributed by atoms with van der Waals surface area (Å²) in [5.74, 6) is 1.46. The van der Waals surface area contributed by atoms with Gasteiger partial charge in [-0.3, -0.25) is 4.99 Å². The van der Waals surface area contributed by atoms with Gasteiger partial charge in [0.1, 0.15) is 23.2 Å². The van der Waals surface area contributed by atoms with Gasteiger partial charge in [0.15, 0.2) is 0 Å². The zero-order chi connectivity index (χ0) is 19.5. The molecule has 0 aliphatic rings. The van der Waals surface area contributed by atoms with E-state index in [1.165, 1.54) is 11.5 Å². The van der Waals surface area contributed by atoms with Crippen LogP contribution in [-0.4, -0.2) is 17.3 Å². The van der Waals surface area contributed by atoms with E-state index in [1.54, 1.807) is 13.1 Å². The number of amidine groups is 1. The lowest BCUT2D eigenvalue weighted by molar-refractivity contribution is 0.488. The van der Waals surface area contributed by atoms with Crippen LogP contribution in [0.25, 0.3) is 0 Å². The molecular formula is C19H23ClN4OS. The van der Waals surface area contributed by atoms with E-state index in [9.17, 15) is 5.26 Å². The molecule has 0 saturated carbocycles. The van der Waals surface area contributed by atoms with Crippen LogP contribution in [0.4, 0.5) is 5.69 Å². The molecule has 26 heavy (non-hydrogen) atoms. The molecule has 0 atom stereocenters. The zero-order valence-electron chi connectivity index (χ0n) is 15.9. The first kappa shape index (κ1) is 20.2. The Balaban J connectivity index is 2.36. The van der Waals surface area contributed by atoms with E-state index < -0.39 is 0 Å². The summed E-state index contributed by atoms with van der Waals surface area (Å²) in [6.07, 6.45) is 0.784. The van der Waals surface area contributed by atoms with Crippen molar-refractivity contribution in [1.82, 2.24) is 4.37 Å². The first-order chi connectivity index (χ1) is 12.2. The van der Waals surface area contributed by atoms with E-state index >= 15 is 0 Å². The SMILES string of the molecule is CCC(=NC)Nc1cc(C)c(Oc2snc(C(C)(C)C)c2C#N)cc1Cl. The minimum Gasteiger partial charge on any atom is -0.443 e. The molecule has 0 fully saturated rings. The summed E-state index contributed by atoms with van der Waals surface area (Å²) in [6, 6.07) is 5.88. The smallest absolute Gasteiger partial charge is 0.218 e. The standard InChI is InChI=1S/C19H23ClN4OS/c1-7-16(22-6)23-14-8-11(2)15(9-13(14)20)25-18-12(10-21)17(24-26-18)19(3,4)5/h8-9H,7H2,1-6H3,(H,22,23). The number of aromatic nitrogens is 1. The van der Waals surface area contributed by atoms with Gasteiger partial charge < -0.3 is 10.1 Å². The molecule has 0 saturated heterocycles. The maximum atomic E-state index is 9.54. The molecule has 0 radical (unpaired) electrons. The molecule has 0 bridgehead atoms. The van der Waals surface area contributed by atoms with E-state index in [1.807, 2.05) is 40.7 Å². The number of benzene rings is 1. The van der Waals surface area contributed by atoms with Crippen molar-refractivity contribution in [3.05, 3.63) is 34.0 Å². The highest BCUT2D eigenvalue weighted by Gasteiger charge is 2.26. The molecule has 5 nitrogen and oxygen atoms in total. The number of halogens is 1. The van der Waals surface area contributed by atoms with Gasteiger partial charge in [0.2, 0.25) is 5.06 Å². The van der Waals surface area contributed by atoms with Crippen LogP contribution in [0.2, 0.25) is 5.02 Å². The van der Waals surface area contributed by atoms with Gasteiger partial charge in [-0.05, 0) is 18.6 Å². The highest BCUT2D eigenvalue weighted by atomic mass is 35.5. The highest BCUT2D eigenvalue weighted by Crippen LogP contribution is 2.39. The van der Waals surface area contributed by atoms with Gasteiger partial charge >= 0.3 is 0 Å². The summed E-state index contributed by atoms with van der Waals surface area (Å²) in [5.41, 5.74) is 2.68. The van der Waals surface area contributed by atoms with Gasteiger partial charge in [-0.2, -0.15) is 9.64 Å². The Labute approximate surface area is 163 Å². The summed E-state index contributed by atoms with van der Waals surface area (Å²) in [5, 5.41) is 13.8. The van der Waals surface area contributed by atoms with Crippen LogP contribution in [0.3, 0.4) is 0 Å². The predicted molar refractivity (Wildman–Crippen MR) is 109 cm³/mol. The topological polar surface area (TPSA) is 70.3 Å². The third-order valence-electron chi connectivity index (χ3n) is 3.83. The zero-order valence-corrected chi connectivity index (χ0v) is 17.5. The van der Waals surface area contributed by atoms with Gasteiger partial charge in [0.05, 0.1) is 16.4 Å². The number of ether oxygens (including phenoxy) is 1. The average Bonchev–Trinajstić information content (AvgIpc) is 2.99. The molecule has 1 aromatic carbocycles. The van der Waals surface area contributed by atoms with Crippen molar-refractivity contribution in [2.24, 2.45) is 4.99 Å². The number of anilines is 1. The molecule has 1 aromatic heterocycles. The largest absolute Gasteiger partial charge is 0.443 e. The van der Waals surface area contributed by atoms with E-state index in [0.717, 1.165) is 29.2 Å². The first-order valence-electron chi connectivity index (χ1n) is 8.32. The molecule has 1 heterocycles. The number of aryl methyl sites for hydroxylation is 1. The number of nitrogens with one attached hydrogen (secondary N) is 1. The van der Waals surface area contributed by atoms with E-state index in [4.69, 9.17) is 16.3 Å². The fraction of sp³-hybridized carbons (Fsp3) is 0.421. The van der Waals surface area contributed by atoms with Crippen molar-refractivity contribution in [2.45, 2.75) is 46.5 Å². The van der Waals surface area contributed by atoms with Crippen molar-refractivity contribution < 1.29 is 4.74 Å². The number of nitrogens with zero attached hydrogens (tertiary/aromatic N) is 3. The third-order valence-corrected chi connectivity index (χ3v) is 4.87. The Bertz CT molecular complexity index is 875. The maximum Gasteiger partial charge on any atom is 0.218 e. The molecule has 0 amide bonds. The number of aliphatic imine (C=N–C) groups is 1. The normalized spacial score (nSPS) is 12.0. The lowest BCUT2D eigenvalue weighted by Crippen LogP contribution is -2.13. The number of nitriles is 1. The molecule has 0 unspecified atom stereocenters. The number of rotatable bonds is 4. The summed E-state index contributed by atoms with van der Waals surface area (Å²) in [6.45, 7) is 10.0. The highest BCUT2D eigenvalue weighted by molar-refractivity contribution is 7.08. The lowest BCUT2D eigenvalue weighted by atomic mass is 9.90. The second-order valence-electron chi connectivity index (χ2n) is 6.90. The second kappa shape index (κ2) is 8.07. The summed E-state index contributed by atoms with van der Waals surface area (Å²) < 4.78 is 10.4. The Hall–Kier alpha value is -2.10. The third kappa shape index (κ3) is 4.35. The van der Waals surface area contributed by atoms with Gasteiger partial charge in [-0.25, -0.2) is 0 Å². The van der Waals surface area contributed by atoms with E-state index in [0.29, 0.717) is 21.4 Å². The molecule has 0 aliphatic carbocycles.